The molecule has 1 aromatic carbocycles. The summed E-state index contributed by atoms with van der Waals surface area (Å²) in [4.78, 5) is 14.4. The van der Waals surface area contributed by atoms with Crippen molar-refractivity contribution in [2.75, 3.05) is 32.1 Å². The number of benzene rings is 1. The van der Waals surface area contributed by atoms with Gasteiger partial charge in [-0.1, -0.05) is 31.4 Å². The lowest BCUT2D eigenvalue weighted by atomic mass is 9.96. The summed E-state index contributed by atoms with van der Waals surface area (Å²) in [7, 11) is 2.11. The molecule has 1 atom stereocenters. The molecule has 2 aliphatic rings. The smallest absolute Gasteiger partial charge is 0.319 e. The first kappa shape index (κ1) is 16.3. The lowest BCUT2D eigenvalue weighted by Crippen LogP contribution is -2.39. The summed E-state index contributed by atoms with van der Waals surface area (Å²) in [6.45, 7) is 2.61. The fourth-order valence-electron chi connectivity index (χ4n) is 3.40. The minimum Gasteiger partial charge on any atom is -0.371 e. The molecule has 0 aromatic heterocycles. The maximum Gasteiger partial charge on any atom is 0.319 e. The van der Waals surface area contributed by atoms with Crippen LogP contribution in [0, 0.1) is 0 Å². The van der Waals surface area contributed by atoms with E-state index in [1.54, 1.807) is 0 Å². The first-order chi connectivity index (χ1) is 11.2. The highest BCUT2D eigenvalue weighted by atomic mass is 16.5. The lowest BCUT2D eigenvalue weighted by molar-refractivity contribution is -0.0208. The second-order valence-corrected chi connectivity index (χ2v) is 6.68. The zero-order chi connectivity index (χ0) is 16.1. The molecular formula is C18H27N3O2. The fourth-order valence-corrected chi connectivity index (χ4v) is 3.40. The third-order valence-electron chi connectivity index (χ3n) is 4.73. The number of urea groups is 1. The van der Waals surface area contributed by atoms with E-state index >= 15 is 0 Å². The number of morpholine rings is 1. The Bertz CT molecular complexity index is 529. The van der Waals surface area contributed by atoms with Crippen LogP contribution in [0.2, 0.25) is 0 Å². The van der Waals surface area contributed by atoms with E-state index in [0.717, 1.165) is 43.8 Å². The highest BCUT2D eigenvalue weighted by molar-refractivity contribution is 5.89. The van der Waals surface area contributed by atoms with Crippen molar-refractivity contribution in [2.45, 2.75) is 44.2 Å². The molecule has 3 rings (SSSR count). The molecule has 126 valence electrons. The summed E-state index contributed by atoms with van der Waals surface area (Å²) in [5.74, 6) is 0. The maximum absolute atomic E-state index is 12.2. The van der Waals surface area contributed by atoms with Gasteiger partial charge < -0.3 is 20.3 Å². The van der Waals surface area contributed by atoms with E-state index in [0.29, 0.717) is 6.04 Å². The number of hydrogen-bond donors (Lipinski definition) is 2. The van der Waals surface area contributed by atoms with Crippen molar-refractivity contribution < 1.29 is 9.53 Å². The molecule has 2 amide bonds. The van der Waals surface area contributed by atoms with Crippen LogP contribution >= 0.6 is 0 Å². The van der Waals surface area contributed by atoms with Crippen molar-refractivity contribution in [2.24, 2.45) is 0 Å². The molecule has 1 aliphatic heterocycles. The monoisotopic (exact) mass is 317 g/mol. The van der Waals surface area contributed by atoms with E-state index in [2.05, 4.69) is 28.6 Å². The first-order valence-corrected chi connectivity index (χ1v) is 8.68. The van der Waals surface area contributed by atoms with Crippen LogP contribution in [0.5, 0.6) is 0 Å². The van der Waals surface area contributed by atoms with E-state index in [1.807, 2.05) is 18.2 Å². The van der Waals surface area contributed by atoms with Gasteiger partial charge in [-0.15, -0.1) is 0 Å². The van der Waals surface area contributed by atoms with Crippen LogP contribution in [0.3, 0.4) is 0 Å². The molecule has 5 nitrogen and oxygen atoms in total. The van der Waals surface area contributed by atoms with Gasteiger partial charge in [-0.3, -0.25) is 0 Å². The Morgan fingerprint density at radius 1 is 1.26 bits per heavy atom. The lowest BCUT2D eigenvalue weighted by Gasteiger charge is -2.30. The quantitative estimate of drug-likeness (QED) is 0.900. The second kappa shape index (κ2) is 7.79. The number of carbonyl (C=O) groups is 1. The van der Waals surface area contributed by atoms with E-state index in [1.165, 1.54) is 19.3 Å². The van der Waals surface area contributed by atoms with Gasteiger partial charge >= 0.3 is 6.03 Å². The van der Waals surface area contributed by atoms with Crippen molar-refractivity contribution in [1.29, 1.82) is 0 Å². The second-order valence-electron chi connectivity index (χ2n) is 6.68. The van der Waals surface area contributed by atoms with Gasteiger partial charge in [0.05, 0.1) is 12.7 Å². The molecule has 1 saturated carbocycles. The van der Waals surface area contributed by atoms with Crippen LogP contribution in [-0.2, 0) is 4.74 Å². The van der Waals surface area contributed by atoms with E-state index in [4.69, 9.17) is 4.74 Å². The zero-order valence-electron chi connectivity index (χ0n) is 13.9. The minimum atomic E-state index is -0.101. The Morgan fingerprint density at radius 3 is 2.87 bits per heavy atom. The van der Waals surface area contributed by atoms with Crippen LogP contribution in [0.1, 0.15) is 43.8 Å². The number of carbonyl (C=O) groups excluding carboxylic acids is 1. The van der Waals surface area contributed by atoms with Crippen LogP contribution in [0.15, 0.2) is 24.3 Å². The van der Waals surface area contributed by atoms with Crippen molar-refractivity contribution in [1.82, 2.24) is 10.2 Å². The fraction of sp³-hybridized carbons (Fsp3) is 0.611. The van der Waals surface area contributed by atoms with Gasteiger partial charge in [0.25, 0.3) is 0 Å². The van der Waals surface area contributed by atoms with Crippen molar-refractivity contribution in [3.63, 3.8) is 0 Å². The normalized spacial score (nSPS) is 23.4. The summed E-state index contributed by atoms with van der Waals surface area (Å²) >= 11 is 0. The number of anilines is 1. The standard InChI is InChI=1S/C18H27N3O2/c1-21-10-11-23-17(13-21)14-6-5-9-16(12-14)20-18(22)19-15-7-3-2-4-8-15/h5-6,9,12,15,17H,2-4,7-8,10-11,13H2,1H3,(H2,19,20,22). The summed E-state index contributed by atoms with van der Waals surface area (Å²) in [6.07, 6.45) is 5.99. The van der Waals surface area contributed by atoms with E-state index in [-0.39, 0.29) is 12.1 Å². The average Bonchev–Trinajstić information content (AvgIpc) is 2.56. The van der Waals surface area contributed by atoms with Crippen molar-refractivity contribution in [3.05, 3.63) is 29.8 Å². The molecule has 2 N–H and O–H groups in total. The maximum atomic E-state index is 12.2. The van der Waals surface area contributed by atoms with Gasteiger partial charge in [0, 0.05) is 24.8 Å². The molecule has 0 radical (unpaired) electrons. The molecule has 1 aliphatic carbocycles. The van der Waals surface area contributed by atoms with Gasteiger partial charge in [-0.2, -0.15) is 0 Å². The van der Waals surface area contributed by atoms with Crippen LogP contribution < -0.4 is 10.6 Å². The Morgan fingerprint density at radius 2 is 2.09 bits per heavy atom. The average molecular weight is 317 g/mol. The predicted molar refractivity (Wildman–Crippen MR) is 91.7 cm³/mol. The highest BCUT2D eigenvalue weighted by Crippen LogP contribution is 2.24. The van der Waals surface area contributed by atoms with E-state index < -0.39 is 0 Å². The topological polar surface area (TPSA) is 53.6 Å². The number of amides is 2. The van der Waals surface area contributed by atoms with Gasteiger partial charge in [0.1, 0.15) is 0 Å². The minimum absolute atomic E-state index is 0.0805. The molecular weight excluding hydrogens is 290 g/mol. The van der Waals surface area contributed by atoms with Crippen molar-refractivity contribution >= 4 is 11.7 Å². The molecule has 1 unspecified atom stereocenters. The third-order valence-corrected chi connectivity index (χ3v) is 4.73. The first-order valence-electron chi connectivity index (χ1n) is 8.68. The van der Waals surface area contributed by atoms with Crippen LogP contribution in [0.4, 0.5) is 10.5 Å². The van der Waals surface area contributed by atoms with Crippen molar-refractivity contribution in [3.8, 4) is 0 Å². The molecule has 2 fully saturated rings. The molecule has 5 heteroatoms. The third kappa shape index (κ3) is 4.69. The molecule has 1 heterocycles. The Labute approximate surface area is 138 Å². The Balaban J connectivity index is 1.57. The number of ether oxygens (including phenoxy) is 1. The summed E-state index contributed by atoms with van der Waals surface area (Å²) in [5.41, 5.74) is 1.94. The Kier molecular flexibility index (Phi) is 5.51. The molecule has 23 heavy (non-hydrogen) atoms. The number of nitrogens with one attached hydrogen (secondary N) is 2. The zero-order valence-corrected chi connectivity index (χ0v) is 13.9. The number of likely N-dealkylation sites (N-methyl/N-ethyl adjacent to an activating group) is 1. The molecule has 0 spiro atoms. The summed E-state index contributed by atoms with van der Waals surface area (Å²) < 4.78 is 5.85. The van der Waals surface area contributed by atoms with E-state index in [9.17, 15) is 4.79 Å². The number of rotatable bonds is 3. The van der Waals surface area contributed by atoms with Gasteiger partial charge in [-0.25, -0.2) is 4.79 Å². The number of hydrogen-bond acceptors (Lipinski definition) is 3. The molecule has 0 bridgehead atoms. The van der Waals surface area contributed by atoms with Crippen LogP contribution in [0.25, 0.3) is 0 Å². The SMILES string of the molecule is CN1CCOC(c2cccc(NC(=O)NC3CCCCC3)c2)C1. The van der Waals surface area contributed by atoms with Gasteiger partial charge in [-0.05, 0) is 37.6 Å². The van der Waals surface area contributed by atoms with Gasteiger partial charge in [0.2, 0.25) is 0 Å². The summed E-state index contributed by atoms with van der Waals surface area (Å²) in [5, 5.41) is 6.04. The molecule has 1 saturated heterocycles. The van der Waals surface area contributed by atoms with Gasteiger partial charge in [0.15, 0.2) is 0 Å². The highest BCUT2D eigenvalue weighted by Gasteiger charge is 2.20. The number of nitrogens with zero attached hydrogens (tertiary/aromatic N) is 1. The van der Waals surface area contributed by atoms with Crippen LogP contribution in [-0.4, -0.2) is 43.7 Å². The summed E-state index contributed by atoms with van der Waals surface area (Å²) in [6, 6.07) is 8.20. The molecule has 1 aromatic rings. The largest absolute Gasteiger partial charge is 0.371 e. The predicted octanol–water partition coefficient (Wildman–Crippen LogP) is 3.14. The Hall–Kier alpha value is -1.59.